The molecule has 1 aromatic carbocycles. The highest BCUT2D eigenvalue weighted by molar-refractivity contribution is 5.77. The number of rotatable bonds is 5. The molecule has 0 saturated carbocycles. The van der Waals surface area contributed by atoms with Crippen molar-refractivity contribution in [3.05, 3.63) is 64.6 Å². The fourth-order valence-corrected chi connectivity index (χ4v) is 4.72. The predicted molar refractivity (Wildman–Crippen MR) is 104 cm³/mol. The number of ether oxygens (including phenoxy) is 1. The molecule has 2 aliphatic rings. The van der Waals surface area contributed by atoms with Gasteiger partial charge < -0.3 is 14.2 Å². The fourth-order valence-electron chi connectivity index (χ4n) is 4.72. The third kappa shape index (κ3) is 3.64. The van der Waals surface area contributed by atoms with Crippen molar-refractivity contribution in [2.45, 2.75) is 56.7 Å². The summed E-state index contributed by atoms with van der Waals surface area (Å²) in [5.74, 6) is 1.58. The maximum atomic E-state index is 12.9. The number of piperidine rings is 1. The second kappa shape index (κ2) is 7.59. The summed E-state index contributed by atoms with van der Waals surface area (Å²) in [5, 5.41) is 0. The maximum Gasteiger partial charge on any atom is 0.250 e. The first-order chi connectivity index (χ1) is 13.2. The van der Waals surface area contributed by atoms with Gasteiger partial charge in [-0.25, -0.2) is 0 Å². The van der Waals surface area contributed by atoms with Gasteiger partial charge in [0.1, 0.15) is 5.75 Å². The number of aromatic nitrogens is 1. The number of carbonyl (C=O) groups excluding carboxylic acids is 1. The van der Waals surface area contributed by atoms with Crippen molar-refractivity contribution in [2.75, 3.05) is 7.11 Å². The average Bonchev–Trinajstić information content (AvgIpc) is 2.97. The van der Waals surface area contributed by atoms with E-state index in [1.54, 1.807) is 23.9 Å². The van der Waals surface area contributed by atoms with Crippen LogP contribution >= 0.6 is 0 Å². The number of benzene rings is 1. The summed E-state index contributed by atoms with van der Waals surface area (Å²) in [6.45, 7) is 0.455. The minimum absolute atomic E-state index is 0.0496. The molecule has 2 fully saturated rings. The molecule has 5 nitrogen and oxygen atoms in total. The van der Waals surface area contributed by atoms with E-state index in [9.17, 15) is 9.59 Å². The molecule has 0 N–H and O–H groups in total. The fraction of sp³-hybridized carbons (Fsp3) is 0.455. The first kappa shape index (κ1) is 17.8. The highest BCUT2D eigenvalue weighted by Crippen LogP contribution is 2.43. The molecule has 0 aliphatic carbocycles. The Morgan fingerprint density at radius 2 is 1.78 bits per heavy atom. The summed E-state index contributed by atoms with van der Waals surface area (Å²) in [6.07, 6.45) is 6.38. The van der Waals surface area contributed by atoms with Crippen molar-refractivity contribution in [2.24, 2.45) is 0 Å². The van der Waals surface area contributed by atoms with Crippen LogP contribution < -0.4 is 10.3 Å². The second-order valence-electron chi connectivity index (χ2n) is 7.61. The Morgan fingerprint density at radius 3 is 2.41 bits per heavy atom. The highest BCUT2D eigenvalue weighted by atomic mass is 16.5. The molecule has 1 aromatic heterocycles. The summed E-state index contributed by atoms with van der Waals surface area (Å²) in [4.78, 5) is 26.8. The van der Waals surface area contributed by atoms with Gasteiger partial charge in [-0.2, -0.15) is 0 Å². The van der Waals surface area contributed by atoms with Crippen molar-refractivity contribution in [3.8, 4) is 5.75 Å². The van der Waals surface area contributed by atoms with E-state index in [1.807, 2.05) is 18.2 Å². The molecule has 0 radical (unpaired) electrons. The van der Waals surface area contributed by atoms with Gasteiger partial charge >= 0.3 is 0 Å². The third-order valence-corrected chi connectivity index (χ3v) is 6.07. The lowest BCUT2D eigenvalue weighted by molar-refractivity contribution is -0.136. The molecule has 142 valence electrons. The van der Waals surface area contributed by atoms with Crippen LogP contribution in [0.1, 0.15) is 43.6 Å². The van der Waals surface area contributed by atoms with Gasteiger partial charge in [0.25, 0.3) is 5.56 Å². The van der Waals surface area contributed by atoms with Crippen molar-refractivity contribution in [3.63, 3.8) is 0 Å². The molecule has 2 aromatic rings. The second-order valence-corrected chi connectivity index (χ2v) is 7.61. The zero-order valence-corrected chi connectivity index (χ0v) is 15.7. The van der Waals surface area contributed by atoms with Crippen LogP contribution in [0.3, 0.4) is 0 Å². The standard InChI is InChI=1S/C22H26N2O3/c1-27-20-9-5-16(6-10-20)17-14-18-7-8-19(15-17)24(18)22(26)11-13-23-12-3-2-4-21(23)25/h2-6,9-10,12,17-19H,7-8,11,13-15H2,1H3/t17?,18-,19+. The SMILES string of the molecule is COc1ccc(C2C[C@H]3CC[C@@H](C2)N3C(=O)CCn2ccccc2=O)cc1. The Balaban J connectivity index is 1.40. The number of nitrogens with zero attached hydrogens (tertiary/aromatic N) is 2. The van der Waals surface area contributed by atoms with E-state index in [0.29, 0.717) is 31.0 Å². The molecule has 5 heteroatoms. The zero-order valence-electron chi connectivity index (χ0n) is 15.7. The zero-order chi connectivity index (χ0) is 18.8. The summed E-state index contributed by atoms with van der Waals surface area (Å²) < 4.78 is 6.87. The first-order valence-corrected chi connectivity index (χ1v) is 9.76. The quantitative estimate of drug-likeness (QED) is 0.817. The van der Waals surface area contributed by atoms with Crippen molar-refractivity contribution < 1.29 is 9.53 Å². The Morgan fingerprint density at radius 1 is 1.07 bits per heavy atom. The summed E-state index contributed by atoms with van der Waals surface area (Å²) in [5.41, 5.74) is 1.29. The molecule has 1 unspecified atom stereocenters. The van der Waals surface area contributed by atoms with Crippen LogP contribution in [0.25, 0.3) is 0 Å². The number of fused-ring (bicyclic) bond motifs is 2. The van der Waals surface area contributed by atoms with Gasteiger partial charge in [0.2, 0.25) is 5.91 Å². The van der Waals surface area contributed by atoms with Crippen LogP contribution in [-0.4, -0.2) is 34.6 Å². The summed E-state index contributed by atoms with van der Waals surface area (Å²) in [7, 11) is 1.68. The number of methoxy groups -OCH3 is 1. The van der Waals surface area contributed by atoms with Gasteiger partial charge in [-0.15, -0.1) is 0 Å². The summed E-state index contributed by atoms with van der Waals surface area (Å²) in [6, 6.07) is 14.1. The molecule has 2 aliphatic heterocycles. The van der Waals surface area contributed by atoms with Crippen molar-refractivity contribution in [1.82, 2.24) is 9.47 Å². The Bertz CT molecular complexity index is 844. The van der Waals surface area contributed by atoms with E-state index in [2.05, 4.69) is 17.0 Å². The minimum atomic E-state index is -0.0496. The van der Waals surface area contributed by atoms with Gasteiger partial charge in [-0.1, -0.05) is 18.2 Å². The van der Waals surface area contributed by atoms with E-state index in [-0.39, 0.29) is 11.5 Å². The first-order valence-electron chi connectivity index (χ1n) is 9.76. The molecule has 2 bridgehead atoms. The molecular formula is C22H26N2O3. The van der Waals surface area contributed by atoms with Gasteiger partial charge in [0.15, 0.2) is 0 Å². The molecular weight excluding hydrogens is 340 g/mol. The van der Waals surface area contributed by atoms with Gasteiger partial charge in [-0.3, -0.25) is 9.59 Å². The predicted octanol–water partition coefficient (Wildman–Crippen LogP) is 3.18. The lowest BCUT2D eigenvalue weighted by atomic mass is 9.85. The largest absolute Gasteiger partial charge is 0.497 e. The van der Waals surface area contributed by atoms with E-state index < -0.39 is 0 Å². The van der Waals surface area contributed by atoms with Crippen molar-refractivity contribution >= 4 is 5.91 Å². The van der Waals surface area contributed by atoms with Gasteiger partial charge in [0, 0.05) is 37.3 Å². The van der Waals surface area contributed by atoms with Crippen LogP contribution in [0.2, 0.25) is 0 Å². The number of pyridine rings is 1. The van der Waals surface area contributed by atoms with Gasteiger partial charge in [0.05, 0.1) is 7.11 Å². The van der Waals surface area contributed by atoms with E-state index in [4.69, 9.17) is 4.74 Å². The molecule has 2 saturated heterocycles. The highest BCUT2D eigenvalue weighted by Gasteiger charge is 2.43. The molecule has 0 spiro atoms. The van der Waals surface area contributed by atoms with Gasteiger partial charge in [-0.05, 0) is 55.4 Å². The Hall–Kier alpha value is -2.56. The van der Waals surface area contributed by atoms with E-state index in [0.717, 1.165) is 31.4 Å². The van der Waals surface area contributed by atoms with Crippen LogP contribution in [-0.2, 0) is 11.3 Å². The molecule has 3 heterocycles. The number of amides is 1. The topological polar surface area (TPSA) is 51.5 Å². The van der Waals surface area contributed by atoms with Crippen LogP contribution in [0.15, 0.2) is 53.5 Å². The molecule has 3 atom stereocenters. The monoisotopic (exact) mass is 366 g/mol. The molecule has 1 amide bonds. The number of hydrogen-bond acceptors (Lipinski definition) is 3. The number of carbonyl (C=O) groups is 1. The Labute approximate surface area is 159 Å². The average molecular weight is 366 g/mol. The lowest BCUT2D eigenvalue weighted by Gasteiger charge is -2.39. The van der Waals surface area contributed by atoms with Crippen LogP contribution in [0, 0.1) is 0 Å². The lowest BCUT2D eigenvalue weighted by Crippen LogP contribution is -2.46. The Kier molecular flexibility index (Phi) is 5.01. The van der Waals surface area contributed by atoms with Crippen molar-refractivity contribution in [1.29, 1.82) is 0 Å². The van der Waals surface area contributed by atoms with Crippen LogP contribution in [0.4, 0.5) is 0 Å². The minimum Gasteiger partial charge on any atom is -0.497 e. The normalized spacial score (nSPS) is 24.0. The molecule has 27 heavy (non-hydrogen) atoms. The van der Waals surface area contributed by atoms with Crippen LogP contribution in [0.5, 0.6) is 5.75 Å². The van der Waals surface area contributed by atoms with E-state index in [1.165, 1.54) is 11.6 Å². The molecule has 4 rings (SSSR count). The van der Waals surface area contributed by atoms with E-state index >= 15 is 0 Å². The summed E-state index contributed by atoms with van der Waals surface area (Å²) >= 11 is 0. The third-order valence-electron chi connectivity index (χ3n) is 6.07. The smallest absolute Gasteiger partial charge is 0.250 e. The number of hydrogen-bond donors (Lipinski definition) is 0. The number of aryl methyl sites for hydroxylation is 1. The maximum absolute atomic E-state index is 12.9.